The highest BCUT2D eigenvalue weighted by Gasteiger charge is 2.54. The number of piperidine rings is 1. The van der Waals surface area contributed by atoms with Gasteiger partial charge in [0.15, 0.2) is 0 Å². The first-order chi connectivity index (χ1) is 16.5. The maximum absolute atomic E-state index is 13.1. The number of carbonyl (C=O) groups excluding carboxylic acids is 2. The van der Waals surface area contributed by atoms with Gasteiger partial charge >= 0.3 is 0 Å². The lowest BCUT2D eigenvalue weighted by atomic mass is 9.71. The second-order valence-corrected chi connectivity index (χ2v) is 10.5. The zero-order valence-corrected chi connectivity index (χ0v) is 20.3. The molecule has 6 nitrogen and oxygen atoms in total. The van der Waals surface area contributed by atoms with Crippen LogP contribution < -0.4 is 5.32 Å². The van der Waals surface area contributed by atoms with Gasteiger partial charge in [-0.2, -0.15) is 0 Å². The Kier molecular flexibility index (Phi) is 6.23. The molecule has 0 saturated carbocycles. The number of benzene rings is 1. The normalized spacial score (nSPS) is 20.8. The van der Waals surface area contributed by atoms with Gasteiger partial charge in [0.1, 0.15) is 0 Å². The van der Waals surface area contributed by atoms with E-state index in [1.54, 1.807) is 30.7 Å². The molecule has 2 atom stereocenters. The van der Waals surface area contributed by atoms with Crippen LogP contribution >= 0.6 is 11.3 Å². The molecular weight excluding hydrogens is 446 g/mol. The number of rotatable bonds is 5. The first-order valence-corrected chi connectivity index (χ1v) is 12.5. The number of hydrogen-bond acceptors (Lipinski definition) is 5. The van der Waals surface area contributed by atoms with Crippen molar-refractivity contribution in [3.8, 4) is 0 Å². The van der Waals surface area contributed by atoms with Crippen LogP contribution in [0.4, 0.5) is 0 Å². The summed E-state index contributed by atoms with van der Waals surface area (Å²) in [6, 6.07) is 15.9. The van der Waals surface area contributed by atoms with Crippen molar-refractivity contribution >= 4 is 23.2 Å². The van der Waals surface area contributed by atoms with Gasteiger partial charge in [-0.1, -0.05) is 24.3 Å². The molecule has 3 aromatic rings. The highest BCUT2D eigenvalue weighted by Crippen LogP contribution is 2.52. The predicted molar refractivity (Wildman–Crippen MR) is 132 cm³/mol. The summed E-state index contributed by atoms with van der Waals surface area (Å²) in [4.78, 5) is 33.3. The predicted octanol–water partition coefficient (Wildman–Crippen LogP) is 4.40. The lowest BCUT2D eigenvalue weighted by Crippen LogP contribution is -2.51. The van der Waals surface area contributed by atoms with E-state index < -0.39 is 0 Å². The molecule has 1 spiro atoms. The number of likely N-dealkylation sites (tertiary alicyclic amines) is 1. The average Bonchev–Trinajstić information content (AvgIpc) is 3.39. The van der Waals surface area contributed by atoms with Crippen molar-refractivity contribution in [1.29, 1.82) is 0 Å². The molecule has 3 heterocycles. The standard InChI is InChI=1S/C27H29N3O3S/c1-18-7-8-23(34-18)26(32)30-15-11-27(12-16-30)22-6-4-3-5-21(22)24(29-19(2)31)25(27)33-17-20-9-13-28-14-10-20/h3-10,13-14,24-25H,11-12,15-17H2,1-2H3,(H,29,31)/t24-,25+/m1/s1. The summed E-state index contributed by atoms with van der Waals surface area (Å²) in [7, 11) is 0. The Labute approximate surface area is 204 Å². The van der Waals surface area contributed by atoms with Crippen LogP contribution in [0.2, 0.25) is 0 Å². The molecule has 1 N–H and O–H groups in total. The average molecular weight is 476 g/mol. The molecule has 0 bridgehead atoms. The number of aryl methyl sites for hydroxylation is 1. The highest BCUT2D eigenvalue weighted by molar-refractivity contribution is 7.13. The number of hydrogen-bond donors (Lipinski definition) is 1. The van der Waals surface area contributed by atoms with Crippen molar-refractivity contribution in [3.05, 3.63) is 87.4 Å². The van der Waals surface area contributed by atoms with Gasteiger partial charge in [-0.25, -0.2) is 0 Å². The molecule has 7 heteroatoms. The topological polar surface area (TPSA) is 71.5 Å². The van der Waals surface area contributed by atoms with Crippen LogP contribution in [0, 0.1) is 6.92 Å². The van der Waals surface area contributed by atoms with Crippen molar-refractivity contribution in [1.82, 2.24) is 15.2 Å². The summed E-state index contributed by atoms with van der Waals surface area (Å²) in [5.74, 6) is 0.0296. The summed E-state index contributed by atoms with van der Waals surface area (Å²) in [6.07, 6.45) is 4.89. The summed E-state index contributed by atoms with van der Waals surface area (Å²) in [5.41, 5.74) is 3.13. The minimum absolute atomic E-state index is 0.0740. The van der Waals surface area contributed by atoms with E-state index in [9.17, 15) is 9.59 Å². The number of ether oxygens (including phenoxy) is 1. The first kappa shape index (κ1) is 22.7. The molecule has 176 valence electrons. The number of thiophene rings is 1. The fourth-order valence-corrected chi connectivity index (χ4v) is 6.35. The number of nitrogens with one attached hydrogen (secondary N) is 1. The van der Waals surface area contributed by atoms with Crippen LogP contribution in [0.5, 0.6) is 0 Å². The molecule has 2 amide bonds. The molecule has 0 radical (unpaired) electrons. The van der Waals surface area contributed by atoms with Gasteiger partial charge < -0.3 is 15.0 Å². The van der Waals surface area contributed by atoms with Gasteiger partial charge in [0.05, 0.1) is 23.6 Å². The Morgan fingerprint density at radius 2 is 1.85 bits per heavy atom. The lowest BCUT2D eigenvalue weighted by Gasteiger charge is -2.44. The van der Waals surface area contributed by atoms with Crippen LogP contribution in [-0.2, 0) is 21.6 Å². The number of carbonyl (C=O) groups is 2. The van der Waals surface area contributed by atoms with E-state index >= 15 is 0 Å². The molecule has 2 aliphatic rings. The van der Waals surface area contributed by atoms with Gasteiger partial charge in [-0.15, -0.1) is 11.3 Å². The first-order valence-electron chi connectivity index (χ1n) is 11.7. The highest BCUT2D eigenvalue weighted by atomic mass is 32.1. The van der Waals surface area contributed by atoms with E-state index in [4.69, 9.17) is 4.74 Å². The minimum atomic E-state index is -0.265. The quantitative estimate of drug-likeness (QED) is 0.594. The fourth-order valence-electron chi connectivity index (χ4n) is 5.52. The monoisotopic (exact) mass is 475 g/mol. The third-order valence-corrected chi connectivity index (χ3v) is 8.10. The molecule has 1 saturated heterocycles. The fraction of sp³-hybridized carbons (Fsp3) is 0.370. The van der Waals surface area contributed by atoms with Crippen molar-refractivity contribution in [2.24, 2.45) is 0 Å². The third-order valence-electron chi connectivity index (χ3n) is 7.11. The SMILES string of the molecule is CC(=O)N[C@@H]1c2ccccc2C2(CCN(C(=O)c3ccc(C)s3)CC2)[C@H]1OCc1ccncc1. The number of fused-ring (bicyclic) bond motifs is 2. The number of pyridine rings is 1. The molecule has 1 aliphatic carbocycles. The minimum Gasteiger partial charge on any atom is -0.370 e. The number of nitrogens with zero attached hydrogens (tertiary/aromatic N) is 2. The Hall–Kier alpha value is -3.03. The van der Waals surface area contributed by atoms with Gasteiger partial charge in [-0.05, 0) is 60.7 Å². The van der Waals surface area contributed by atoms with Crippen LogP contribution in [0.15, 0.2) is 60.9 Å². The van der Waals surface area contributed by atoms with E-state index in [-0.39, 0.29) is 29.4 Å². The van der Waals surface area contributed by atoms with E-state index in [1.807, 2.05) is 42.2 Å². The van der Waals surface area contributed by atoms with Crippen molar-refractivity contribution < 1.29 is 14.3 Å². The van der Waals surface area contributed by atoms with Gasteiger partial charge in [0, 0.05) is 42.7 Å². The Bertz CT molecular complexity index is 1180. The van der Waals surface area contributed by atoms with Crippen molar-refractivity contribution in [2.45, 2.75) is 50.9 Å². The van der Waals surface area contributed by atoms with E-state index in [0.29, 0.717) is 19.7 Å². The molecular formula is C27H29N3O3S. The maximum Gasteiger partial charge on any atom is 0.263 e. The van der Waals surface area contributed by atoms with Crippen LogP contribution in [0.1, 0.15) is 57.0 Å². The van der Waals surface area contributed by atoms with Gasteiger partial charge in [0.2, 0.25) is 5.91 Å². The van der Waals surface area contributed by atoms with Crippen molar-refractivity contribution in [3.63, 3.8) is 0 Å². The summed E-state index contributed by atoms with van der Waals surface area (Å²) >= 11 is 1.55. The zero-order chi connectivity index (χ0) is 23.7. The van der Waals surface area contributed by atoms with E-state index in [0.717, 1.165) is 33.7 Å². The largest absolute Gasteiger partial charge is 0.370 e. The smallest absolute Gasteiger partial charge is 0.263 e. The Morgan fingerprint density at radius 3 is 2.53 bits per heavy atom. The van der Waals surface area contributed by atoms with Crippen LogP contribution in [0.25, 0.3) is 0 Å². The molecule has 1 aromatic carbocycles. The Balaban J connectivity index is 1.44. The van der Waals surface area contributed by atoms with Crippen molar-refractivity contribution in [2.75, 3.05) is 13.1 Å². The number of amides is 2. The van der Waals surface area contributed by atoms with E-state index in [1.165, 1.54) is 5.56 Å². The lowest BCUT2D eigenvalue weighted by molar-refractivity contribution is -0.122. The zero-order valence-electron chi connectivity index (χ0n) is 19.5. The second kappa shape index (κ2) is 9.31. The summed E-state index contributed by atoms with van der Waals surface area (Å²) < 4.78 is 6.62. The van der Waals surface area contributed by atoms with Gasteiger partial charge in [-0.3, -0.25) is 14.6 Å². The maximum atomic E-state index is 13.1. The second-order valence-electron chi connectivity index (χ2n) is 9.21. The number of aromatic nitrogens is 1. The molecule has 2 aromatic heterocycles. The Morgan fingerprint density at radius 1 is 1.12 bits per heavy atom. The van der Waals surface area contributed by atoms with Crippen LogP contribution in [0.3, 0.4) is 0 Å². The van der Waals surface area contributed by atoms with Gasteiger partial charge in [0.25, 0.3) is 5.91 Å². The summed E-state index contributed by atoms with van der Waals surface area (Å²) in [6.45, 7) is 5.33. The van der Waals surface area contributed by atoms with E-state index in [2.05, 4.69) is 28.5 Å². The molecule has 1 fully saturated rings. The molecule has 1 aliphatic heterocycles. The molecule has 5 rings (SSSR count). The molecule has 34 heavy (non-hydrogen) atoms. The molecule has 0 unspecified atom stereocenters. The van der Waals surface area contributed by atoms with Crippen LogP contribution in [-0.4, -0.2) is 40.9 Å². The summed E-state index contributed by atoms with van der Waals surface area (Å²) in [5, 5.41) is 3.16. The third kappa shape index (κ3) is 4.14.